The SMILES string of the molecule is CCOc1ccc(N)c(SCC(O)COCCOC)c1. The van der Waals surface area contributed by atoms with Crippen LogP contribution in [0.5, 0.6) is 5.75 Å². The monoisotopic (exact) mass is 301 g/mol. The number of nitrogen functional groups attached to an aromatic ring is 1. The van der Waals surface area contributed by atoms with Gasteiger partial charge < -0.3 is 25.1 Å². The van der Waals surface area contributed by atoms with Crippen molar-refractivity contribution in [2.24, 2.45) is 0 Å². The third kappa shape index (κ3) is 6.47. The normalized spacial score (nSPS) is 12.3. The molecular formula is C14H23NO4S. The Bertz CT molecular complexity index is 389. The minimum absolute atomic E-state index is 0.293. The molecule has 1 aromatic carbocycles. The molecule has 0 aliphatic carbocycles. The van der Waals surface area contributed by atoms with Crippen molar-refractivity contribution in [3.63, 3.8) is 0 Å². The Balaban J connectivity index is 2.38. The van der Waals surface area contributed by atoms with Crippen LogP contribution < -0.4 is 10.5 Å². The van der Waals surface area contributed by atoms with Crippen LogP contribution in [0.3, 0.4) is 0 Å². The number of methoxy groups -OCH3 is 1. The Labute approximate surface area is 124 Å². The first-order valence-electron chi connectivity index (χ1n) is 6.57. The molecule has 6 heteroatoms. The van der Waals surface area contributed by atoms with Gasteiger partial charge in [-0.2, -0.15) is 0 Å². The van der Waals surface area contributed by atoms with E-state index in [1.54, 1.807) is 7.11 Å². The lowest BCUT2D eigenvalue weighted by molar-refractivity contribution is 0.0218. The van der Waals surface area contributed by atoms with Crippen molar-refractivity contribution in [3.8, 4) is 5.75 Å². The summed E-state index contributed by atoms with van der Waals surface area (Å²) in [6.45, 7) is 3.86. The molecule has 0 aromatic heterocycles. The van der Waals surface area contributed by atoms with E-state index >= 15 is 0 Å². The molecule has 0 bridgehead atoms. The van der Waals surface area contributed by atoms with E-state index in [0.717, 1.165) is 10.6 Å². The number of aliphatic hydroxyl groups is 1. The largest absolute Gasteiger partial charge is 0.494 e. The summed E-state index contributed by atoms with van der Waals surface area (Å²) in [5, 5.41) is 9.81. The zero-order valence-electron chi connectivity index (χ0n) is 12.0. The van der Waals surface area contributed by atoms with Crippen molar-refractivity contribution in [2.45, 2.75) is 17.9 Å². The molecule has 5 nitrogen and oxygen atoms in total. The molecule has 0 saturated heterocycles. The quantitative estimate of drug-likeness (QED) is 0.390. The maximum atomic E-state index is 9.81. The highest BCUT2D eigenvalue weighted by Crippen LogP contribution is 2.29. The first kappa shape index (κ1) is 17.1. The van der Waals surface area contributed by atoms with E-state index in [4.69, 9.17) is 19.9 Å². The smallest absolute Gasteiger partial charge is 0.120 e. The van der Waals surface area contributed by atoms with Gasteiger partial charge in [0.05, 0.1) is 32.5 Å². The van der Waals surface area contributed by atoms with Gasteiger partial charge in [0.25, 0.3) is 0 Å². The molecule has 0 fully saturated rings. The Morgan fingerprint density at radius 3 is 2.85 bits per heavy atom. The average Bonchev–Trinajstić information content (AvgIpc) is 2.44. The second-order valence-corrected chi connectivity index (χ2v) is 5.23. The van der Waals surface area contributed by atoms with Crippen LogP contribution in [0.4, 0.5) is 5.69 Å². The third-order valence-electron chi connectivity index (χ3n) is 2.47. The van der Waals surface area contributed by atoms with Crippen LogP contribution >= 0.6 is 11.8 Å². The number of thioether (sulfide) groups is 1. The third-order valence-corrected chi connectivity index (χ3v) is 3.69. The molecule has 1 rings (SSSR count). The average molecular weight is 301 g/mol. The number of aliphatic hydroxyl groups excluding tert-OH is 1. The Morgan fingerprint density at radius 2 is 2.15 bits per heavy atom. The van der Waals surface area contributed by atoms with Crippen molar-refractivity contribution in [1.82, 2.24) is 0 Å². The summed E-state index contributed by atoms with van der Waals surface area (Å²) in [5.41, 5.74) is 6.59. The fourth-order valence-electron chi connectivity index (χ4n) is 1.49. The molecule has 1 unspecified atom stereocenters. The predicted octanol–water partition coefficient (Wildman–Crippen LogP) is 1.78. The Morgan fingerprint density at radius 1 is 1.35 bits per heavy atom. The number of hydrogen-bond donors (Lipinski definition) is 2. The van der Waals surface area contributed by atoms with Crippen LogP contribution in [0.15, 0.2) is 23.1 Å². The van der Waals surface area contributed by atoms with Crippen LogP contribution in [0.1, 0.15) is 6.92 Å². The number of benzene rings is 1. The number of rotatable bonds is 10. The minimum Gasteiger partial charge on any atom is -0.494 e. The van der Waals surface area contributed by atoms with Crippen LogP contribution in [0, 0.1) is 0 Å². The minimum atomic E-state index is -0.535. The topological polar surface area (TPSA) is 73.9 Å². The van der Waals surface area contributed by atoms with Crippen molar-refractivity contribution in [2.75, 3.05) is 45.0 Å². The van der Waals surface area contributed by atoms with Gasteiger partial charge >= 0.3 is 0 Å². The highest BCUT2D eigenvalue weighted by molar-refractivity contribution is 7.99. The van der Waals surface area contributed by atoms with E-state index in [-0.39, 0.29) is 0 Å². The molecule has 1 aromatic rings. The molecule has 0 aliphatic heterocycles. The molecule has 20 heavy (non-hydrogen) atoms. The summed E-state index contributed by atoms with van der Waals surface area (Å²) in [4.78, 5) is 0.909. The van der Waals surface area contributed by atoms with E-state index in [1.165, 1.54) is 11.8 Å². The van der Waals surface area contributed by atoms with Crippen molar-refractivity contribution < 1.29 is 19.3 Å². The van der Waals surface area contributed by atoms with E-state index in [9.17, 15) is 5.11 Å². The van der Waals surface area contributed by atoms with Gasteiger partial charge in [-0.15, -0.1) is 11.8 Å². The molecule has 3 N–H and O–H groups in total. The van der Waals surface area contributed by atoms with Crippen LogP contribution in [0.25, 0.3) is 0 Å². The summed E-state index contributed by atoms with van der Waals surface area (Å²) in [5.74, 6) is 1.31. The van der Waals surface area contributed by atoms with Crippen molar-refractivity contribution >= 4 is 17.4 Å². The first-order valence-corrected chi connectivity index (χ1v) is 7.55. The number of ether oxygens (including phenoxy) is 3. The molecule has 0 aliphatic rings. The van der Waals surface area contributed by atoms with E-state index in [1.807, 2.05) is 25.1 Å². The molecule has 0 spiro atoms. The lowest BCUT2D eigenvalue weighted by Gasteiger charge is -2.13. The summed E-state index contributed by atoms with van der Waals surface area (Å²) >= 11 is 1.49. The molecule has 1 atom stereocenters. The van der Waals surface area contributed by atoms with Gasteiger partial charge in [-0.05, 0) is 25.1 Å². The molecule has 114 valence electrons. The fourth-order valence-corrected chi connectivity index (χ4v) is 2.39. The predicted molar refractivity (Wildman–Crippen MR) is 81.4 cm³/mol. The Hall–Kier alpha value is -0.950. The molecule has 0 radical (unpaired) electrons. The Kier molecular flexibility index (Phi) is 8.45. The van der Waals surface area contributed by atoms with Crippen LogP contribution in [0.2, 0.25) is 0 Å². The highest BCUT2D eigenvalue weighted by Gasteiger charge is 2.08. The standard InChI is InChI=1S/C14H23NO4S/c1-3-19-12-4-5-13(15)14(8-12)20-10-11(16)9-18-7-6-17-2/h4-5,8,11,16H,3,6-7,9-10,15H2,1-2H3. The number of hydrogen-bond acceptors (Lipinski definition) is 6. The maximum Gasteiger partial charge on any atom is 0.120 e. The van der Waals surface area contributed by atoms with Crippen LogP contribution in [-0.4, -0.2) is 50.5 Å². The van der Waals surface area contributed by atoms with Gasteiger partial charge in [0, 0.05) is 23.4 Å². The van der Waals surface area contributed by atoms with Gasteiger partial charge in [-0.1, -0.05) is 0 Å². The van der Waals surface area contributed by atoms with Gasteiger partial charge in [-0.3, -0.25) is 0 Å². The van der Waals surface area contributed by atoms with Crippen molar-refractivity contribution in [3.05, 3.63) is 18.2 Å². The second-order valence-electron chi connectivity index (χ2n) is 4.17. The van der Waals surface area contributed by atoms with E-state index in [0.29, 0.717) is 37.9 Å². The fraction of sp³-hybridized carbons (Fsp3) is 0.571. The van der Waals surface area contributed by atoms with Crippen molar-refractivity contribution in [1.29, 1.82) is 0 Å². The maximum absolute atomic E-state index is 9.81. The molecule has 0 amide bonds. The summed E-state index contributed by atoms with van der Waals surface area (Å²) in [6.07, 6.45) is -0.535. The van der Waals surface area contributed by atoms with Gasteiger partial charge in [0.15, 0.2) is 0 Å². The zero-order valence-corrected chi connectivity index (χ0v) is 12.8. The lowest BCUT2D eigenvalue weighted by Crippen LogP contribution is -2.19. The highest BCUT2D eigenvalue weighted by atomic mass is 32.2. The summed E-state index contributed by atoms with van der Waals surface area (Å²) in [6, 6.07) is 5.55. The van der Waals surface area contributed by atoms with Gasteiger partial charge in [-0.25, -0.2) is 0 Å². The molecule has 0 saturated carbocycles. The summed E-state index contributed by atoms with van der Waals surface area (Å²) < 4.78 is 15.6. The zero-order chi connectivity index (χ0) is 14.8. The molecule has 0 heterocycles. The van der Waals surface area contributed by atoms with E-state index < -0.39 is 6.10 Å². The number of nitrogens with two attached hydrogens (primary N) is 1. The van der Waals surface area contributed by atoms with Gasteiger partial charge in [0.1, 0.15) is 5.75 Å². The second kappa shape index (κ2) is 9.88. The number of anilines is 1. The first-order chi connectivity index (χ1) is 9.67. The molecular weight excluding hydrogens is 278 g/mol. The van der Waals surface area contributed by atoms with Gasteiger partial charge in [0.2, 0.25) is 0 Å². The van der Waals surface area contributed by atoms with E-state index in [2.05, 4.69) is 0 Å². The lowest BCUT2D eigenvalue weighted by atomic mass is 10.3. The van der Waals surface area contributed by atoms with Crippen LogP contribution in [-0.2, 0) is 9.47 Å². The summed E-state index contributed by atoms with van der Waals surface area (Å²) in [7, 11) is 1.61.